The van der Waals surface area contributed by atoms with E-state index in [-0.39, 0.29) is 11.1 Å². The fourth-order valence-electron chi connectivity index (χ4n) is 2.00. The molecule has 0 aliphatic rings. The maximum atomic E-state index is 14.1. The predicted molar refractivity (Wildman–Crippen MR) is 83.4 cm³/mol. The lowest BCUT2D eigenvalue weighted by molar-refractivity contribution is -0.400. The van der Waals surface area contributed by atoms with Crippen molar-refractivity contribution in [3.63, 3.8) is 0 Å². The number of ether oxygens (including phenoxy) is 1. The molecule has 0 unspecified atom stereocenters. The highest BCUT2D eigenvalue weighted by atomic mass is 127. The molecule has 0 saturated heterocycles. The number of alkyl halides is 9. The molecule has 2 rings (SSSR count). The summed E-state index contributed by atoms with van der Waals surface area (Å²) in [4.78, 5) is 18.0. The lowest BCUT2D eigenvalue weighted by Crippen LogP contribution is -2.60. The van der Waals surface area contributed by atoms with E-state index in [9.17, 15) is 44.3 Å². The zero-order valence-electron chi connectivity index (χ0n) is 13.2. The molecule has 0 spiro atoms. The van der Waals surface area contributed by atoms with Crippen LogP contribution in [0.2, 0.25) is 0 Å². The van der Waals surface area contributed by atoms with Crippen LogP contribution in [0, 0.1) is 3.70 Å². The number of halogens is 10. The summed E-state index contributed by atoms with van der Waals surface area (Å²) in [5, 5.41) is 0. The second-order valence-electron chi connectivity index (χ2n) is 5.28. The Bertz CT molecular complexity index is 931. The number of hydrogen-bond donors (Lipinski definition) is 0. The molecule has 0 atom stereocenters. The lowest BCUT2D eigenvalue weighted by Gasteiger charge is -2.33. The van der Waals surface area contributed by atoms with E-state index >= 15 is 0 Å². The second-order valence-corrected chi connectivity index (χ2v) is 6.30. The molecule has 4 nitrogen and oxygen atoms in total. The van der Waals surface area contributed by atoms with Gasteiger partial charge in [-0.3, -0.25) is 0 Å². The lowest BCUT2D eigenvalue weighted by atomic mass is 10.0. The molecule has 14 heteroatoms. The van der Waals surface area contributed by atoms with Gasteiger partial charge in [0.2, 0.25) is 0 Å². The van der Waals surface area contributed by atoms with E-state index in [1.165, 1.54) is 0 Å². The third-order valence-corrected chi connectivity index (χ3v) is 4.24. The second kappa shape index (κ2) is 6.88. The molecule has 0 amide bonds. The minimum absolute atomic E-state index is 0.206. The van der Waals surface area contributed by atoms with Crippen LogP contribution < -0.4 is 0 Å². The van der Waals surface area contributed by atoms with Crippen molar-refractivity contribution in [1.82, 2.24) is 9.97 Å². The maximum Gasteiger partial charge on any atom is 0.460 e. The van der Waals surface area contributed by atoms with Crippen molar-refractivity contribution in [1.29, 1.82) is 0 Å². The zero-order chi connectivity index (χ0) is 21.7. The van der Waals surface area contributed by atoms with Gasteiger partial charge in [0, 0.05) is 0 Å². The minimum atomic E-state index is -7.06. The molecular weight excluding hydrogens is 526 g/mol. The summed E-state index contributed by atoms with van der Waals surface area (Å²) in [6.07, 6.45) is -6.95. The van der Waals surface area contributed by atoms with Gasteiger partial charge in [-0.05, 0) is 40.8 Å². The number of fused-ring (bicyclic) bond motifs is 1. The number of methoxy groups -OCH3 is 1. The Kier molecular flexibility index (Phi) is 5.51. The van der Waals surface area contributed by atoms with Gasteiger partial charge in [-0.25, -0.2) is 14.8 Å². The van der Waals surface area contributed by atoms with Crippen LogP contribution in [0.15, 0.2) is 18.2 Å². The molecule has 2 aromatic rings. The molecule has 28 heavy (non-hydrogen) atoms. The van der Waals surface area contributed by atoms with Gasteiger partial charge >= 0.3 is 29.9 Å². The summed E-state index contributed by atoms with van der Waals surface area (Å²) in [7, 11) is 0.978. The number of aromatic nitrogens is 2. The Morgan fingerprint density at radius 3 is 2.00 bits per heavy atom. The van der Waals surface area contributed by atoms with Gasteiger partial charge < -0.3 is 4.74 Å². The van der Waals surface area contributed by atoms with Crippen molar-refractivity contribution in [3.05, 3.63) is 33.2 Å². The van der Waals surface area contributed by atoms with Crippen LogP contribution in [0.1, 0.15) is 16.1 Å². The van der Waals surface area contributed by atoms with Crippen LogP contribution in [-0.2, 0) is 10.7 Å². The van der Waals surface area contributed by atoms with E-state index in [4.69, 9.17) is 0 Å². The Balaban J connectivity index is 2.70. The average molecular weight is 532 g/mol. The smallest absolute Gasteiger partial charge is 0.460 e. The predicted octanol–water partition coefficient (Wildman–Crippen LogP) is 4.95. The molecule has 0 fully saturated rings. The van der Waals surface area contributed by atoms with Crippen LogP contribution in [0.25, 0.3) is 11.0 Å². The molecular formula is C14H6F9IN2O2. The monoisotopic (exact) mass is 532 g/mol. The van der Waals surface area contributed by atoms with Gasteiger partial charge in [0.05, 0.1) is 23.7 Å². The van der Waals surface area contributed by atoms with Crippen LogP contribution in [0.4, 0.5) is 39.5 Å². The van der Waals surface area contributed by atoms with Gasteiger partial charge in [-0.15, -0.1) is 0 Å². The minimum Gasteiger partial charge on any atom is -0.465 e. The largest absolute Gasteiger partial charge is 0.465 e. The molecule has 0 radical (unpaired) electrons. The summed E-state index contributed by atoms with van der Waals surface area (Å²) in [5.74, 6) is -21.0. The number of rotatable bonds is 4. The topological polar surface area (TPSA) is 52.1 Å². The Morgan fingerprint density at radius 2 is 1.50 bits per heavy atom. The van der Waals surface area contributed by atoms with E-state index in [0.29, 0.717) is 0 Å². The van der Waals surface area contributed by atoms with Gasteiger partial charge in [-0.2, -0.15) is 39.5 Å². The quantitative estimate of drug-likeness (QED) is 0.318. The zero-order valence-corrected chi connectivity index (χ0v) is 15.4. The Hall–Kier alpha value is -1.87. The molecule has 0 aliphatic heterocycles. The number of esters is 1. The number of benzene rings is 1. The Morgan fingerprint density at radius 1 is 0.929 bits per heavy atom. The standard InChI is InChI=1S/C14H6F9IN2O2/c1-28-10(27)5-2-3-6-7(4-5)25-8(9(24)26-6)11(15,16)12(17,18)13(19,20)14(21,22)23/h2-4H,1H3. The number of hydrogen-bond acceptors (Lipinski definition) is 4. The average Bonchev–Trinajstić information content (AvgIpc) is 2.58. The summed E-state index contributed by atoms with van der Waals surface area (Å²) >= 11 is 0.948. The first kappa shape index (κ1) is 22.4. The molecule has 1 aromatic carbocycles. The number of carbonyl (C=O) groups is 1. The Labute approximate surface area is 163 Å². The fourth-order valence-corrected chi connectivity index (χ4v) is 2.72. The van der Waals surface area contributed by atoms with E-state index < -0.39 is 44.8 Å². The SMILES string of the molecule is COC(=O)c1ccc2nc(I)c(C(F)(F)C(F)(F)C(F)(F)C(F)(F)F)nc2c1. The van der Waals surface area contributed by atoms with E-state index in [1.807, 2.05) is 0 Å². The first-order chi connectivity index (χ1) is 12.6. The molecule has 154 valence electrons. The van der Waals surface area contributed by atoms with E-state index in [0.717, 1.165) is 47.9 Å². The summed E-state index contributed by atoms with van der Waals surface area (Å²) < 4.78 is 122. The van der Waals surface area contributed by atoms with Crippen LogP contribution in [-0.4, -0.2) is 41.1 Å². The summed E-state index contributed by atoms with van der Waals surface area (Å²) in [5.41, 5.74) is -3.20. The summed E-state index contributed by atoms with van der Waals surface area (Å²) in [6.45, 7) is 0. The van der Waals surface area contributed by atoms with Gasteiger partial charge in [0.1, 0.15) is 9.39 Å². The van der Waals surface area contributed by atoms with E-state index in [2.05, 4.69) is 14.7 Å². The van der Waals surface area contributed by atoms with Gasteiger partial charge in [0.25, 0.3) is 0 Å². The van der Waals surface area contributed by atoms with Crippen molar-refractivity contribution in [2.75, 3.05) is 7.11 Å². The highest BCUT2D eigenvalue weighted by Gasteiger charge is 2.82. The van der Waals surface area contributed by atoms with Gasteiger partial charge in [-0.1, -0.05) is 0 Å². The third kappa shape index (κ3) is 3.34. The molecule has 0 aliphatic carbocycles. The number of nitrogens with zero attached hydrogens (tertiary/aromatic N) is 2. The van der Waals surface area contributed by atoms with Crippen molar-refractivity contribution in [2.45, 2.75) is 23.9 Å². The van der Waals surface area contributed by atoms with Crippen LogP contribution >= 0.6 is 22.6 Å². The van der Waals surface area contributed by atoms with E-state index in [1.54, 1.807) is 0 Å². The summed E-state index contributed by atoms with van der Waals surface area (Å²) in [6, 6.07) is 2.98. The molecule has 0 bridgehead atoms. The molecule has 1 heterocycles. The molecule has 0 saturated carbocycles. The first-order valence-corrected chi connectivity index (χ1v) is 7.92. The molecule has 0 N–H and O–H groups in total. The van der Waals surface area contributed by atoms with Crippen LogP contribution in [0.5, 0.6) is 0 Å². The van der Waals surface area contributed by atoms with Crippen molar-refractivity contribution >= 4 is 39.6 Å². The number of carbonyl (C=O) groups excluding carboxylic acids is 1. The van der Waals surface area contributed by atoms with Crippen molar-refractivity contribution in [2.24, 2.45) is 0 Å². The van der Waals surface area contributed by atoms with Crippen LogP contribution in [0.3, 0.4) is 0 Å². The van der Waals surface area contributed by atoms with Crippen molar-refractivity contribution in [3.8, 4) is 0 Å². The highest BCUT2D eigenvalue weighted by molar-refractivity contribution is 14.1. The maximum absolute atomic E-state index is 14.1. The normalized spacial score (nSPS) is 13.7. The fraction of sp³-hybridized carbons (Fsp3) is 0.357. The molecule has 1 aromatic heterocycles. The highest BCUT2D eigenvalue weighted by Crippen LogP contribution is 2.56. The third-order valence-electron chi connectivity index (χ3n) is 3.48. The van der Waals surface area contributed by atoms with Gasteiger partial charge in [0.15, 0.2) is 0 Å². The van der Waals surface area contributed by atoms with Crippen molar-refractivity contribution < 1.29 is 49.0 Å². The first-order valence-electron chi connectivity index (χ1n) is 6.84.